The SMILES string of the molecule is S=P12c3ccc(-c4ccccc4)cc3Oc3cc(-c4ccccc4)cc(c31)Oc1ccc(-c3ccccc3)cc12. The van der Waals surface area contributed by atoms with Crippen LogP contribution in [0.2, 0.25) is 0 Å². The second-order valence-electron chi connectivity index (χ2n) is 10.1. The van der Waals surface area contributed by atoms with E-state index in [1.165, 1.54) is 0 Å². The molecule has 1 atom stereocenters. The molecule has 40 heavy (non-hydrogen) atoms. The average Bonchev–Trinajstić information content (AvgIpc) is 3.02. The smallest absolute Gasteiger partial charge is 0.140 e. The Morgan fingerprint density at radius 3 is 1.45 bits per heavy atom. The van der Waals surface area contributed by atoms with Gasteiger partial charge in [-0.1, -0.05) is 115 Å². The molecule has 8 rings (SSSR count). The Morgan fingerprint density at radius 2 is 0.850 bits per heavy atom. The maximum Gasteiger partial charge on any atom is 0.140 e. The Balaban J connectivity index is 1.39. The lowest BCUT2D eigenvalue weighted by Gasteiger charge is -2.38. The van der Waals surface area contributed by atoms with Crippen molar-refractivity contribution < 1.29 is 9.47 Å². The van der Waals surface area contributed by atoms with Crippen LogP contribution in [0.5, 0.6) is 23.0 Å². The molecule has 0 saturated carbocycles. The summed E-state index contributed by atoms with van der Waals surface area (Å²) in [4.78, 5) is 0. The molecule has 0 aromatic heterocycles. The van der Waals surface area contributed by atoms with Crippen LogP contribution in [0.1, 0.15) is 0 Å². The van der Waals surface area contributed by atoms with Crippen molar-refractivity contribution in [3.63, 3.8) is 0 Å². The lowest BCUT2D eigenvalue weighted by atomic mass is 10.0. The van der Waals surface area contributed by atoms with Gasteiger partial charge < -0.3 is 9.47 Å². The minimum Gasteiger partial charge on any atom is -0.456 e. The van der Waals surface area contributed by atoms with Gasteiger partial charge in [-0.25, -0.2) is 0 Å². The molecule has 0 bridgehead atoms. The zero-order valence-corrected chi connectivity index (χ0v) is 23.2. The van der Waals surface area contributed by atoms with Crippen molar-refractivity contribution in [1.29, 1.82) is 0 Å². The lowest BCUT2D eigenvalue weighted by molar-refractivity contribution is 0.467. The minimum absolute atomic E-state index is 0.785. The van der Waals surface area contributed by atoms with Gasteiger partial charge in [0.1, 0.15) is 23.0 Å². The predicted octanol–water partition coefficient (Wildman–Crippen LogP) is 8.65. The number of benzene rings is 6. The third-order valence-corrected chi connectivity index (χ3v) is 12.6. The van der Waals surface area contributed by atoms with Crippen molar-refractivity contribution in [2.24, 2.45) is 0 Å². The van der Waals surface area contributed by atoms with Crippen molar-refractivity contribution in [2.75, 3.05) is 0 Å². The molecule has 2 nitrogen and oxygen atoms in total. The van der Waals surface area contributed by atoms with Crippen molar-refractivity contribution >= 4 is 33.8 Å². The number of rotatable bonds is 3. The Hall–Kier alpha value is -4.43. The van der Waals surface area contributed by atoms with E-state index in [4.69, 9.17) is 21.3 Å². The van der Waals surface area contributed by atoms with Gasteiger partial charge in [-0.3, -0.25) is 0 Å². The molecule has 0 spiro atoms. The molecule has 0 amide bonds. The fourth-order valence-corrected chi connectivity index (χ4v) is 10.2. The molecule has 2 heterocycles. The van der Waals surface area contributed by atoms with E-state index in [2.05, 4.69) is 109 Å². The van der Waals surface area contributed by atoms with E-state index in [9.17, 15) is 0 Å². The van der Waals surface area contributed by atoms with Gasteiger partial charge >= 0.3 is 0 Å². The van der Waals surface area contributed by atoms with Crippen LogP contribution in [0, 0.1) is 0 Å². The Kier molecular flexibility index (Phi) is 5.31. The third kappa shape index (κ3) is 3.59. The van der Waals surface area contributed by atoms with Crippen LogP contribution >= 0.6 is 6.04 Å². The summed E-state index contributed by atoms with van der Waals surface area (Å²) in [5.74, 6) is 3.23. The highest BCUT2D eigenvalue weighted by molar-refractivity contribution is 8.26. The molecule has 4 heteroatoms. The van der Waals surface area contributed by atoms with Crippen LogP contribution in [0.3, 0.4) is 0 Å². The molecule has 0 aliphatic carbocycles. The highest BCUT2D eigenvalue weighted by Crippen LogP contribution is 2.59. The topological polar surface area (TPSA) is 18.5 Å². The van der Waals surface area contributed by atoms with Gasteiger partial charge in [0.15, 0.2) is 0 Å². The van der Waals surface area contributed by atoms with Crippen molar-refractivity contribution in [1.82, 2.24) is 0 Å². The standard InChI is InChI=1S/C36H23O2PS/c40-39-34-19-17-27(24-10-4-1-5-11-24)20-31(34)38-33-22-29(26-14-8-3-9-15-26)21-32(36(33)39)37-30-18-16-28(23-35(30)39)25-12-6-2-7-13-25/h1-23H. The second kappa shape index (κ2) is 9.06. The van der Waals surface area contributed by atoms with Crippen molar-refractivity contribution in [2.45, 2.75) is 0 Å². The van der Waals surface area contributed by atoms with Gasteiger partial charge in [0, 0.05) is 10.6 Å². The Bertz CT molecular complexity index is 1970. The fraction of sp³-hybridized carbons (Fsp3) is 0. The summed E-state index contributed by atoms with van der Waals surface area (Å²) in [5.41, 5.74) is 6.69. The van der Waals surface area contributed by atoms with Gasteiger partial charge in [-0.05, 0) is 69.8 Å². The third-order valence-electron chi connectivity index (χ3n) is 7.71. The van der Waals surface area contributed by atoms with Crippen molar-refractivity contribution in [3.05, 3.63) is 140 Å². The van der Waals surface area contributed by atoms with E-state index in [0.29, 0.717) is 0 Å². The molecule has 0 saturated heterocycles. The molecule has 2 aliphatic heterocycles. The first-order valence-corrected chi connectivity index (χ1v) is 16.1. The Morgan fingerprint density at radius 1 is 0.375 bits per heavy atom. The highest BCUT2D eigenvalue weighted by atomic mass is 32.4. The Labute approximate surface area is 238 Å². The molecule has 1 unspecified atom stereocenters. The van der Waals surface area contributed by atoms with Gasteiger partial charge in [0.05, 0.1) is 11.3 Å². The summed E-state index contributed by atoms with van der Waals surface area (Å²) in [5, 5.41) is 3.14. The highest BCUT2D eigenvalue weighted by Gasteiger charge is 2.43. The number of hydrogen-bond donors (Lipinski definition) is 0. The average molecular weight is 551 g/mol. The second-order valence-corrected chi connectivity index (χ2v) is 14.4. The number of hydrogen-bond acceptors (Lipinski definition) is 3. The minimum atomic E-state index is -2.50. The van der Waals surface area contributed by atoms with E-state index < -0.39 is 6.04 Å². The molecule has 0 N–H and O–H groups in total. The molecular weight excluding hydrogens is 527 g/mol. The van der Waals surface area contributed by atoms with E-state index in [0.717, 1.165) is 72.3 Å². The van der Waals surface area contributed by atoms with E-state index >= 15 is 0 Å². The largest absolute Gasteiger partial charge is 0.456 e. The maximum atomic E-state index is 6.84. The summed E-state index contributed by atoms with van der Waals surface area (Å²) in [6.45, 7) is 0. The first kappa shape index (κ1) is 23.5. The van der Waals surface area contributed by atoms with E-state index in [1.807, 2.05) is 30.3 Å². The maximum absolute atomic E-state index is 6.84. The van der Waals surface area contributed by atoms with Crippen LogP contribution in [0.4, 0.5) is 0 Å². The molecule has 6 aromatic carbocycles. The first-order valence-electron chi connectivity index (χ1n) is 13.3. The molecule has 6 aromatic rings. The normalized spacial score (nSPS) is 16.1. The van der Waals surface area contributed by atoms with E-state index in [1.54, 1.807) is 0 Å². The van der Waals surface area contributed by atoms with Crippen LogP contribution in [0.25, 0.3) is 33.4 Å². The quantitative estimate of drug-likeness (QED) is 0.205. The van der Waals surface area contributed by atoms with Crippen molar-refractivity contribution in [3.8, 4) is 56.4 Å². The monoisotopic (exact) mass is 550 g/mol. The van der Waals surface area contributed by atoms with Crippen LogP contribution in [-0.4, -0.2) is 0 Å². The number of ether oxygens (including phenoxy) is 2. The van der Waals surface area contributed by atoms with E-state index in [-0.39, 0.29) is 0 Å². The summed E-state index contributed by atoms with van der Waals surface area (Å²) < 4.78 is 13.4. The molecule has 0 radical (unpaired) electrons. The zero-order chi connectivity index (χ0) is 26.7. The van der Waals surface area contributed by atoms with Gasteiger partial charge in [0.25, 0.3) is 0 Å². The summed E-state index contributed by atoms with van der Waals surface area (Å²) in [7, 11) is 0. The van der Waals surface area contributed by atoms with Crippen LogP contribution < -0.4 is 25.4 Å². The number of fused-ring (bicyclic) bond motifs is 4. The predicted molar refractivity (Wildman–Crippen MR) is 169 cm³/mol. The first-order chi connectivity index (χ1) is 19.7. The van der Waals surface area contributed by atoms with Gasteiger partial charge in [-0.2, -0.15) is 0 Å². The summed E-state index contributed by atoms with van der Waals surface area (Å²) in [6, 6.07) is 45.9. The summed E-state index contributed by atoms with van der Waals surface area (Å²) in [6.07, 6.45) is 0. The van der Waals surface area contributed by atoms with Gasteiger partial charge in [0.2, 0.25) is 0 Å². The van der Waals surface area contributed by atoms with Crippen LogP contribution in [0.15, 0.2) is 140 Å². The summed E-state index contributed by atoms with van der Waals surface area (Å²) >= 11 is 6.84. The van der Waals surface area contributed by atoms with Gasteiger partial charge in [-0.15, -0.1) is 0 Å². The lowest BCUT2D eigenvalue weighted by Crippen LogP contribution is -2.35. The molecular formula is C36H23O2PS. The molecule has 190 valence electrons. The molecule has 0 fully saturated rings. The molecule has 2 aliphatic rings. The fourth-order valence-electron chi connectivity index (χ4n) is 5.78. The zero-order valence-electron chi connectivity index (χ0n) is 21.5. The van der Waals surface area contributed by atoms with Crippen LogP contribution in [-0.2, 0) is 11.8 Å².